The predicted octanol–water partition coefficient (Wildman–Crippen LogP) is 1.70. The molecular weight excluding hydrogens is 214 g/mol. The maximum atomic E-state index is 10.7. The van der Waals surface area contributed by atoms with E-state index in [4.69, 9.17) is 9.84 Å². The number of hydrogen-bond donors (Lipinski definition) is 1. The minimum atomic E-state index is -1.20. The zero-order valence-corrected chi connectivity index (χ0v) is 8.47. The Morgan fingerprint density at radius 3 is 2.62 bits per heavy atom. The molecule has 6 heteroatoms. The van der Waals surface area contributed by atoms with Crippen LogP contribution in [-0.2, 0) is 4.79 Å². The van der Waals surface area contributed by atoms with E-state index < -0.39 is 10.9 Å². The number of carboxylic acid groups (broad SMARTS) is 1. The number of nitrogens with zero attached hydrogens (tertiary/aromatic N) is 1. The predicted molar refractivity (Wildman–Crippen MR) is 56.3 cm³/mol. The first kappa shape index (κ1) is 11.7. The molecule has 0 aliphatic rings. The maximum absolute atomic E-state index is 10.7. The molecule has 1 aromatic rings. The molecule has 1 rings (SSSR count). The van der Waals surface area contributed by atoms with E-state index in [9.17, 15) is 14.9 Å². The Morgan fingerprint density at radius 2 is 2.19 bits per heavy atom. The number of aliphatic carboxylic acids is 1. The van der Waals surface area contributed by atoms with Crippen molar-refractivity contribution in [3.8, 4) is 5.75 Å². The van der Waals surface area contributed by atoms with E-state index in [1.54, 1.807) is 0 Å². The van der Waals surface area contributed by atoms with Crippen LogP contribution >= 0.6 is 0 Å². The molecule has 1 aromatic carbocycles. The molecule has 0 spiro atoms. The molecular formula is C10H9NO5. The number of non-ortho nitro benzene ring substituents is 1. The van der Waals surface area contributed by atoms with Gasteiger partial charge in [0, 0.05) is 11.6 Å². The topological polar surface area (TPSA) is 89.7 Å². The average Bonchev–Trinajstić information content (AvgIpc) is 2.26. The Labute approximate surface area is 90.9 Å². The van der Waals surface area contributed by atoms with Crippen LogP contribution in [0.4, 0.5) is 5.69 Å². The van der Waals surface area contributed by atoms with Gasteiger partial charge in [-0.25, -0.2) is 4.79 Å². The molecule has 16 heavy (non-hydrogen) atoms. The zero-order chi connectivity index (χ0) is 12.3. The van der Waals surface area contributed by atoms with Crippen molar-refractivity contribution in [3.05, 3.63) is 40.5 Å². The third kappa shape index (κ3) is 2.17. The molecule has 0 heterocycles. The monoisotopic (exact) mass is 223 g/mol. The molecule has 0 atom stereocenters. The third-order valence-corrected chi connectivity index (χ3v) is 1.98. The number of carboxylic acids is 1. The number of ether oxygens (including phenoxy) is 1. The van der Waals surface area contributed by atoms with Gasteiger partial charge in [-0.2, -0.15) is 0 Å². The van der Waals surface area contributed by atoms with Crippen molar-refractivity contribution < 1.29 is 19.6 Å². The molecule has 0 radical (unpaired) electrons. The van der Waals surface area contributed by atoms with Gasteiger partial charge in [0.05, 0.1) is 23.7 Å². The number of carbonyl (C=O) groups is 1. The molecule has 84 valence electrons. The molecule has 0 fully saturated rings. The van der Waals surface area contributed by atoms with Gasteiger partial charge in [0.15, 0.2) is 0 Å². The zero-order valence-electron chi connectivity index (χ0n) is 8.47. The fraction of sp³-hybridized carbons (Fsp3) is 0.100. The summed E-state index contributed by atoms with van der Waals surface area (Å²) >= 11 is 0. The number of nitro benzene ring substituents is 1. The summed E-state index contributed by atoms with van der Waals surface area (Å²) in [5, 5.41) is 19.2. The van der Waals surface area contributed by atoms with Gasteiger partial charge < -0.3 is 9.84 Å². The summed E-state index contributed by atoms with van der Waals surface area (Å²) in [6, 6.07) is 3.66. The lowest BCUT2D eigenvalue weighted by molar-refractivity contribution is -0.384. The molecule has 0 aliphatic heterocycles. The number of rotatable bonds is 4. The van der Waals surface area contributed by atoms with Gasteiger partial charge in [0.1, 0.15) is 5.75 Å². The number of nitro groups is 1. The summed E-state index contributed by atoms with van der Waals surface area (Å²) in [5.41, 5.74) is -0.119. The highest BCUT2D eigenvalue weighted by Gasteiger charge is 2.16. The van der Waals surface area contributed by atoms with Gasteiger partial charge in [-0.3, -0.25) is 10.1 Å². The summed E-state index contributed by atoms with van der Waals surface area (Å²) in [5.74, 6) is -1.09. The van der Waals surface area contributed by atoms with Crippen molar-refractivity contribution >= 4 is 17.2 Å². The van der Waals surface area contributed by atoms with Crippen molar-refractivity contribution in [3.63, 3.8) is 0 Å². The molecule has 0 unspecified atom stereocenters. The first-order valence-corrected chi connectivity index (χ1v) is 4.22. The van der Waals surface area contributed by atoms with Crippen molar-refractivity contribution in [1.82, 2.24) is 0 Å². The Hall–Kier alpha value is -2.37. The van der Waals surface area contributed by atoms with E-state index in [0.29, 0.717) is 0 Å². The summed E-state index contributed by atoms with van der Waals surface area (Å²) in [7, 11) is 1.30. The second kappa shape index (κ2) is 4.43. The number of hydrogen-bond acceptors (Lipinski definition) is 4. The quantitative estimate of drug-likeness (QED) is 0.476. The van der Waals surface area contributed by atoms with Crippen LogP contribution < -0.4 is 4.74 Å². The number of benzene rings is 1. The van der Waals surface area contributed by atoms with Gasteiger partial charge in [-0.15, -0.1) is 0 Å². The van der Waals surface area contributed by atoms with Crippen LogP contribution in [0.25, 0.3) is 5.57 Å². The summed E-state index contributed by atoms with van der Waals surface area (Å²) < 4.78 is 4.88. The minimum Gasteiger partial charge on any atom is -0.496 e. The smallest absolute Gasteiger partial charge is 0.335 e. The van der Waals surface area contributed by atoms with E-state index in [0.717, 1.165) is 6.07 Å². The van der Waals surface area contributed by atoms with Crippen LogP contribution in [-0.4, -0.2) is 23.1 Å². The van der Waals surface area contributed by atoms with Crippen LogP contribution in [0.1, 0.15) is 5.56 Å². The van der Waals surface area contributed by atoms with Gasteiger partial charge in [-0.1, -0.05) is 6.58 Å². The van der Waals surface area contributed by atoms with Crippen LogP contribution in [0.2, 0.25) is 0 Å². The van der Waals surface area contributed by atoms with Crippen molar-refractivity contribution in [2.24, 2.45) is 0 Å². The van der Waals surface area contributed by atoms with E-state index >= 15 is 0 Å². The lowest BCUT2D eigenvalue weighted by atomic mass is 10.1. The van der Waals surface area contributed by atoms with Crippen molar-refractivity contribution in [1.29, 1.82) is 0 Å². The minimum absolute atomic E-state index is 0.113. The standard InChI is InChI=1S/C10H9NO5/c1-6(10(12)13)8-4-3-7(11(14)15)5-9(8)16-2/h3-5H,1H2,2H3,(H,12,13). The highest BCUT2D eigenvalue weighted by molar-refractivity contribution is 6.15. The molecule has 1 N–H and O–H groups in total. The van der Waals surface area contributed by atoms with Crippen LogP contribution in [0.15, 0.2) is 24.8 Å². The lowest BCUT2D eigenvalue weighted by Gasteiger charge is -2.07. The Balaban J connectivity index is 3.27. The highest BCUT2D eigenvalue weighted by Crippen LogP contribution is 2.29. The van der Waals surface area contributed by atoms with Gasteiger partial charge in [0.2, 0.25) is 0 Å². The summed E-state index contributed by atoms with van der Waals surface area (Å²) in [4.78, 5) is 20.6. The Kier molecular flexibility index (Phi) is 3.24. The van der Waals surface area contributed by atoms with Gasteiger partial charge in [0.25, 0.3) is 5.69 Å². The second-order valence-electron chi connectivity index (χ2n) is 2.93. The first-order chi connectivity index (χ1) is 7.47. The highest BCUT2D eigenvalue weighted by atomic mass is 16.6. The van der Waals surface area contributed by atoms with Crippen molar-refractivity contribution in [2.45, 2.75) is 0 Å². The molecule has 0 saturated heterocycles. The van der Waals surface area contributed by atoms with E-state index in [-0.39, 0.29) is 22.6 Å². The SMILES string of the molecule is C=C(C(=O)O)c1ccc([N+](=O)[O-])cc1OC. The molecule has 0 saturated carbocycles. The lowest BCUT2D eigenvalue weighted by Crippen LogP contribution is -2.01. The fourth-order valence-electron chi connectivity index (χ4n) is 1.16. The summed E-state index contributed by atoms with van der Waals surface area (Å²) in [6.07, 6.45) is 0. The van der Waals surface area contributed by atoms with Crippen LogP contribution in [0.3, 0.4) is 0 Å². The first-order valence-electron chi connectivity index (χ1n) is 4.22. The van der Waals surface area contributed by atoms with Crippen LogP contribution in [0, 0.1) is 10.1 Å². The van der Waals surface area contributed by atoms with Crippen LogP contribution in [0.5, 0.6) is 5.75 Å². The van der Waals surface area contributed by atoms with Gasteiger partial charge >= 0.3 is 5.97 Å². The third-order valence-electron chi connectivity index (χ3n) is 1.98. The molecule has 6 nitrogen and oxygen atoms in total. The Bertz CT molecular complexity index is 466. The number of methoxy groups -OCH3 is 1. The van der Waals surface area contributed by atoms with E-state index in [2.05, 4.69) is 6.58 Å². The molecule has 0 aromatic heterocycles. The fourth-order valence-corrected chi connectivity index (χ4v) is 1.16. The van der Waals surface area contributed by atoms with E-state index in [1.807, 2.05) is 0 Å². The summed E-state index contributed by atoms with van der Waals surface area (Å²) in [6.45, 7) is 3.36. The second-order valence-corrected chi connectivity index (χ2v) is 2.93. The normalized spacial score (nSPS) is 9.56. The largest absolute Gasteiger partial charge is 0.496 e. The molecule has 0 aliphatic carbocycles. The van der Waals surface area contributed by atoms with Crippen molar-refractivity contribution in [2.75, 3.05) is 7.11 Å². The molecule has 0 bridgehead atoms. The Morgan fingerprint density at radius 1 is 1.56 bits per heavy atom. The van der Waals surface area contributed by atoms with Gasteiger partial charge in [-0.05, 0) is 6.07 Å². The van der Waals surface area contributed by atoms with E-state index in [1.165, 1.54) is 19.2 Å². The molecule has 0 amide bonds. The average molecular weight is 223 g/mol. The maximum Gasteiger partial charge on any atom is 0.335 e.